The van der Waals surface area contributed by atoms with E-state index in [0.29, 0.717) is 31.0 Å². The van der Waals surface area contributed by atoms with Crippen LogP contribution in [-0.4, -0.2) is 53.6 Å². The molecule has 1 fully saturated rings. The number of benzene rings is 1. The molecule has 1 aliphatic rings. The summed E-state index contributed by atoms with van der Waals surface area (Å²) in [5, 5.41) is 0. The van der Waals surface area contributed by atoms with Crippen molar-refractivity contribution in [1.82, 2.24) is 14.9 Å². The molecule has 27 heavy (non-hydrogen) atoms. The molecule has 3 rings (SSSR count). The Morgan fingerprint density at radius 1 is 1.11 bits per heavy atom. The van der Waals surface area contributed by atoms with E-state index < -0.39 is 0 Å². The molecule has 2 aromatic rings. The molecule has 2 heterocycles. The molecule has 1 amide bonds. The van der Waals surface area contributed by atoms with Crippen molar-refractivity contribution in [2.45, 2.75) is 33.6 Å². The van der Waals surface area contributed by atoms with E-state index in [-0.39, 0.29) is 5.91 Å². The highest BCUT2D eigenvalue weighted by Gasteiger charge is 2.25. The van der Waals surface area contributed by atoms with Crippen LogP contribution < -0.4 is 9.64 Å². The first-order chi connectivity index (χ1) is 13.1. The number of carbonyl (C=O) groups is 1. The number of rotatable bonds is 6. The lowest BCUT2D eigenvalue weighted by molar-refractivity contribution is 0.0742. The van der Waals surface area contributed by atoms with Gasteiger partial charge in [0.25, 0.3) is 5.91 Å². The quantitative estimate of drug-likeness (QED) is 0.733. The van der Waals surface area contributed by atoms with Crippen LogP contribution in [0.4, 0.5) is 5.82 Å². The van der Waals surface area contributed by atoms with Gasteiger partial charge in [-0.25, -0.2) is 9.97 Å². The molecule has 0 radical (unpaired) electrons. The molecule has 144 valence electrons. The highest BCUT2D eigenvalue weighted by Crippen LogP contribution is 2.23. The number of anilines is 1. The van der Waals surface area contributed by atoms with Crippen molar-refractivity contribution in [3.8, 4) is 5.75 Å². The number of ether oxygens (including phenoxy) is 1. The zero-order valence-corrected chi connectivity index (χ0v) is 16.4. The number of hydrogen-bond donors (Lipinski definition) is 0. The number of hydrogen-bond acceptors (Lipinski definition) is 5. The van der Waals surface area contributed by atoms with Crippen molar-refractivity contribution in [2.75, 3.05) is 37.7 Å². The van der Waals surface area contributed by atoms with E-state index >= 15 is 0 Å². The molecule has 6 nitrogen and oxygen atoms in total. The van der Waals surface area contributed by atoms with Gasteiger partial charge in [-0.3, -0.25) is 4.79 Å². The number of piperazine rings is 1. The van der Waals surface area contributed by atoms with E-state index in [1.54, 1.807) is 6.33 Å². The van der Waals surface area contributed by atoms with Gasteiger partial charge in [-0.15, -0.1) is 0 Å². The molecular weight excluding hydrogens is 340 g/mol. The Morgan fingerprint density at radius 2 is 1.85 bits per heavy atom. The Hall–Kier alpha value is -2.63. The van der Waals surface area contributed by atoms with E-state index in [2.05, 4.69) is 21.8 Å². The van der Waals surface area contributed by atoms with Crippen LogP contribution in [0.3, 0.4) is 0 Å². The number of unbranched alkanes of at least 4 members (excludes halogenated alkanes) is 1. The SMILES string of the molecule is CCCCOc1ccccc1C(=O)N1CCN(c2ncnc(C)c2C)CC1. The van der Waals surface area contributed by atoms with Crippen LogP contribution in [0.1, 0.15) is 41.4 Å². The summed E-state index contributed by atoms with van der Waals surface area (Å²) >= 11 is 0. The molecule has 1 aromatic carbocycles. The molecule has 6 heteroatoms. The van der Waals surface area contributed by atoms with Gasteiger partial charge in [0.15, 0.2) is 0 Å². The highest BCUT2D eigenvalue weighted by atomic mass is 16.5. The Bertz CT molecular complexity index is 786. The average molecular weight is 368 g/mol. The standard InChI is InChI=1S/C21H28N4O2/c1-4-5-14-27-19-9-7-6-8-18(19)21(26)25-12-10-24(11-13-25)20-16(2)17(3)22-15-23-20/h6-9,15H,4-5,10-14H2,1-3H3. The van der Waals surface area contributed by atoms with E-state index in [4.69, 9.17) is 4.74 Å². The fraction of sp³-hybridized carbons (Fsp3) is 0.476. The minimum Gasteiger partial charge on any atom is -0.493 e. The van der Waals surface area contributed by atoms with Gasteiger partial charge in [0.05, 0.1) is 12.2 Å². The molecule has 0 unspecified atom stereocenters. The molecule has 1 saturated heterocycles. The predicted molar refractivity (Wildman–Crippen MR) is 106 cm³/mol. The monoisotopic (exact) mass is 368 g/mol. The lowest BCUT2D eigenvalue weighted by Crippen LogP contribution is -2.49. The number of amides is 1. The van der Waals surface area contributed by atoms with Crippen LogP contribution in [0.5, 0.6) is 5.75 Å². The lowest BCUT2D eigenvalue weighted by Gasteiger charge is -2.36. The first kappa shape index (κ1) is 19.1. The maximum Gasteiger partial charge on any atom is 0.257 e. The van der Waals surface area contributed by atoms with Crippen LogP contribution >= 0.6 is 0 Å². The van der Waals surface area contributed by atoms with Crippen molar-refractivity contribution >= 4 is 11.7 Å². The molecule has 0 aliphatic carbocycles. The second kappa shape index (κ2) is 8.84. The summed E-state index contributed by atoms with van der Waals surface area (Å²) < 4.78 is 5.83. The zero-order valence-electron chi connectivity index (χ0n) is 16.4. The van der Waals surface area contributed by atoms with Gasteiger partial charge in [-0.2, -0.15) is 0 Å². The fourth-order valence-corrected chi connectivity index (χ4v) is 3.23. The Morgan fingerprint density at radius 3 is 2.59 bits per heavy atom. The van der Waals surface area contributed by atoms with Gasteiger partial charge in [-0.1, -0.05) is 25.5 Å². The van der Waals surface area contributed by atoms with Crippen molar-refractivity contribution in [3.05, 3.63) is 47.4 Å². The van der Waals surface area contributed by atoms with Gasteiger partial charge in [0, 0.05) is 37.4 Å². The van der Waals surface area contributed by atoms with Gasteiger partial charge in [0.2, 0.25) is 0 Å². The summed E-state index contributed by atoms with van der Waals surface area (Å²) in [4.78, 5) is 25.8. The van der Waals surface area contributed by atoms with Crippen LogP contribution in [-0.2, 0) is 0 Å². The molecule has 0 saturated carbocycles. The second-order valence-electron chi connectivity index (χ2n) is 6.89. The first-order valence-electron chi connectivity index (χ1n) is 9.66. The van der Waals surface area contributed by atoms with Gasteiger partial charge in [0.1, 0.15) is 17.9 Å². The Balaban J connectivity index is 1.66. The molecular formula is C21H28N4O2. The topological polar surface area (TPSA) is 58.6 Å². The maximum atomic E-state index is 13.0. The smallest absolute Gasteiger partial charge is 0.257 e. The van der Waals surface area contributed by atoms with Crippen molar-refractivity contribution in [3.63, 3.8) is 0 Å². The van der Waals surface area contributed by atoms with Crippen LogP contribution in [0.25, 0.3) is 0 Å². The Kier molecular flexibility index (Phi) is 6.27. The number of nitrogens with zero attached hydrogens (tertiary/aromatic N) is 4. The zero-order chi connectivity index (χ0) is 19.2. The number of carbonyl (C=O) groups excluding carboxylic acids is 1. The van der Waals surface area contributed by atoms with E-state index in [9.17, 15) is 4.79 Å². The normalized spacial score (nSPS) is 14.3. The number of aryl methyl sites for hydroxylation is 1. The van der Waals surface area contributed by atoms with Gasteiger partial charge >= 0.3 is 0 Å². The number of para-hydroxylation sites is 1. The minimum absolute atomic E-state index is 0.0392. The van der Waals surface area contributed by atoms with Crippen molar-refractivity contribution < 1.29 is 9.53 Å². The van der Waals surface area contributed by atoms with E-state index in [1.807, 2.05) is 43.0 Å². The van der Waals surface area contributed by atoms with Crippen LogP contribution in [0.15, 0.2) is 30.6 Å². The van der Waals surface area contributed by atoms with Crippen LogP contribution in [0.2, 0.25) is 0 Å². The summed E-state index contributed by atoms with van der Waals surface area (Å²) in [7, 11) is 0. The average Bonchev–Trinajstić information content (AvgIpc) is 2.70. The molecule has 0 bridgehead atoms. The first-order valence-corrected chi connectivity index (χ1v) is 9.66. The molecule has 0 atom stereocenters. The third kappa shape index (κ3) is 4.38. The van der Waals surface area contributed by atoms with E-state index in [0.717, 1.165) is 43.0 Å². The lowest BCUT2D eigenvalue weighted by atomic mass is 10.1. The van der Waals surface area contributed by atoms with Crippen LogP contribution in [0, 0.1) is 13.8 Å². The van der Waals surface area contributed by atoms with Gasteiger partial charge in [-0.05, 0) is 32.4 Å². The second-order valence-corrected chi connectivity index (χ2v) is 6.89. The van der Waals surface area contributed by atoms with E-state index in [1.165, 1.54) is 0 Å². The minimum atomic E-state index is 0.0392. The third-order valence-corrected chi connectivity index (χ3v) is 5.05. The Labute approximate surface area is 161 Å². The summed E-state index contributed by atoms with van der Waals surface area (Å²) in [6, 6.07) is 7.54. The summed E-state index contributed by atoms with van der Waals surface area (Å²) in [6.45, 7) is 9.68. The predicted octanol–water partition coefficient (Wildman–Crippen LogP) is 3.23. The summed E-state index contributed by atoms with van der Waals surface area (Å²) in [6.07, 6.45) is 3.66. The summed E-state index contributed by atoms with van der Waals surface area (Å²) in [5.74, 6) is 1.69. The highest BCUT2D eigenvalue weighted by molar-refractivity contribution is 5.97. The summed E-state index contributed by atoms with van der Waals surface area (Å²) in [5.41, 5.74) is 2.75. The van der Waals surface area contributed by atoms with Crippen molar-refractivity contribution in [2.24, 2.45) is 0 Å². The molecule has 1 aromatic heterocycles. The fourth-order valence-electron chi connectivity index (χ4n) is 3.23. The van der Waals surface area contributed by atoms with Gasteiger partial charge < -0.3 is 14.5 Å². The number of aromatic nitrogens is 2. The molecule has 1 aliphatic heterocycles. The largest absolute Gasteiger partial charge is 0.493 e. The van der Waals surface area contributed by atoms with Crippen molar-refractivity contribution in [1.29, 1.82) is 0 Å². The maximum absolute atomic E-state index is 13.0. The third-order valence-electron chi connectivity index (χ3n) is 5.05. The molecule has 0 N–H and O–H groups in total. The molecule has 0 spiro atoms.